The fourth-order valence-corrected chi connectivity index (χ4v) is 4.60. The number of aromatic nitrogens is 1. The maximum atomic E-state index is 12.9. The highest BCUT2D eigenvalue weighted by molar-refractivity contribution is 7.13. The van der Waals surface area contributed by atoms with Crippen LogP contribution in [-0.4, -0.2) is 53.5 Å². The van der Waals surface area contributed by atoms with Crippen molar-refractivity contribution in [3.63, 3.8) is 0 Å². The largest absolute Gasteiger partial charge is 0.400 e. The zero-order valence-corrected chi connectivity index (χ0v) is 23.8. The summed E-state index contributed by atoms with van der Waals surface area (Å²) in [7, 11) is 2.50. The second kappa shape index (κ2) is 16.4. The zero-order valence-electron chi connectivity index (χ0n) is 23.0. The van der Waals surface area contributed by atoms with Gasteiger partial charge in [-0.2, -0.15) is 0 Å². The van der Waals surface area contributed by atoms with E-state index in [0.717, 1.165) is 36.8 Å². The molecule has 1 aliphatic rings. The lowest BCUT2D eigenvalue weighted by Gasteiger charge is -2.28. The van der Waals surface area contributed by atoms with Gasteiger partial charge in [0.25, 0.3) is 0 Å². The lowest BCUT2D eigenvalue weighted by Crippen LogP contribution is -2.47. The number of amides is 2. The number of carbonyl (C=O) groups excluding carboxylic acids is 2. The van der Waals surface area contributed by atoms with Crippen LogP contribution in [0.25, 0.3) is 10.4 Å². The SMILES string of the molecule is CC.CN.CO.Cc1ncsc1-c1ccc(C(C)NC(=O)C2CCCN2C(=O)CC(C)(C)C)cc1. The number of likely N-dealkylation sites (tertiary alicyclic amines) is 1. The van der Waals surface area contributed by atoms with E-state index in [1.807, 2.05) is 33.2 Å². The van der Waals surface area contributed by atoms with Gasteiger partial charge in [0.2, 0.25) is 11.8 Å². The van der Waals surface area contributed by atoms with Gasteiger partial charge < -0.3 is 21.1 Å². The van der Waals surface area contributed by atoms with E-state index in [1.54, 1.807) is 16.2 Å². The molecule has 35 heavy (non-hydrogen) atoms. The normalized spacial score (nSPS) is 15.4. The zero-order chi connectivity index (χ0) is 27.2. The third kappa shape index (κ3) is 10.1. The third-order valence-corrected chi connectivity index (χ3v) is 6.31. The fourth-order valence-electron chi connectivity index (χ4n) is 3.79. The Morgan fingerprint density at radius 2 is 1.77 bits per heavy atom. The summed E-state index contributed by atoms with van der Waals surface area (Å²) in [4.78, 5) is 32.8. The van der Waals surface area contributed by atoms with E-state index >= 15 is 0 Å². The second-order valence-corrected chi connectivity index (χ2v) is 9.96. The van der Waals surface area contributed by atoms with E-state index in [0.29, 0.717) is 13.0 Å². The summed E-state index contributed by atoms with van der Waals surface area (Å²) in [6.07, 6.45) is 2.08. The van der Waals surface area contributed by atoms with Crippen LogP contribution in [0.2, 0.25) is 0 Å². The number of aliphatic hydroxyl groups is 1. The highest BCUT2D eigenvalue weighted by Gasteiger charge is 2.35. The van der Waals surface area contributed by atoms with Crippen molar-refractivity contribution in [1.29, 1.82) is 0 Å². The molecular weight excluding hydrogens is 460 g/mol. The number of rotatable bonds is 5. The summed E-state index contributed by atoms with van der Waals surface area (Å²) in [5.74, 6) is 0.0201. The molecule has 2 unspecified atom stereocenters. The first kappa shape index (κ1) is 32.7. The Kier molecular flexibility index (Phi) is 15.3. The van der Waals surface area contributed by atoms with Crippen LogP contribution in [0.5, 0.6) is 0 Å². The minimum atomic E-state index is -0.355. The Bertz CT molecular complexity index is 875. The van der Waals surface area contributed by atoms with E-state index in [4.69, 9.17) is 5.11 Å². The van der Waals surface area contributed by atoms with Crippen LogP contribution in [0.15, 0.2) is 29.8 Å². The number of nitrogens with one attached hydrogen (secondary N) is 1. The van der Waals surface area contributed by atoms with Gasteiger partial charge in [0, 0.05) is 20.1 Å². The smallest absolute Gasteiger partial charge is 0.243 e. The molecule has 8 heteroatoms. The number of nitrogens with two attached hydrogens (primary N) is 1. The molecule has 1 aliphatic heterocycles. The molecule has 2 atom stereocenters. The van der Waals surface area contributed by atoms with Gasteiger partial charge >= 0.3 is 0 Å². The molecule has 4 N–H and O–H groups in total. The van der Waals surface area contributed by atoms with Crippen LogP contribution in [0.3, 0.4) is 0 Å². The molecule has 0 saturated carbocycles. The molecule has 2 amide bonds. The Morgan fingerprint density at radius 3 is 2.26 bits per heavy atom. The summed E-state index contributed by atoms with van der Waals surface area (Å²) >= 11 is 1.63. The van der Waals surface area contributed by atoms with Crippen molar-refractivity contribution in [3.05, 3.63) is 41.0 Å². The summed E-state index contributed by atoms with van der Waals surface area (Å²) in [5, 5.41) is 10.1. The number of carbonyl (C=O) groups is 2. The molecule has 2 heterocycles. The van der Waals surface area contributed by atoms with E-state index in [9.17, 15) is 9.59 Å². The van der Waals surface area contributed by atoms with Crippen molar-refractivity contribution < 1.29 is 14.7 Å². The van der Waals surface area contributed by atoms with Crippen molar-refractivity contribution in [3.8, 4) is 10.4 Å². The Morgan fingerprint density at radius 1 is 1.20 bits per heavy atom. The van der Waals surface area contributed by atoms with E-state index in [1.165, 1.54) is 11.9 Å². The first-order valence-corrected chi connectivity index (χ1v) is 13.2. The second-order valence-electron chi connectivity index (χ2n) is 9.10. The van der Waals surface area contributed by atoms with Gasteiger partial charge in [0.1, 0.15) is 6.04 Å². The fraction of sp³-hybridized carbons (Fsp3) is 0.593. The summed E-state index contributed by atoms with van der Waals surface area (Å²) in [6, 6.07) is 7.79. The van der Waals surface area contributed by atoms with Gasteiger partial charge in [-0.3, -0.25) is 9.59 Å². The number of aryl methyl sites for hydroxylation is 1. The van der Waals surface area contributed by atoms with Crippen molar-refractivity contribution in [2.45, 2.75) is 79.8 Å². The van der Waals surface area contributed by atoms with Gasteiger partial charge in [-0.25, -0.2) is 4.98 Å². The van der Waals surface area contributed by atoms with Crippen LogP contribution < -0.4 is 11.1 Å². The number of thiazole rings is 1. The van der Waals surface area contributed by atoms with Crippen molar-refractivity contribution >= 4 is 23.2 Å². The lowest BCUT2D eigenvalue weighted by molar-refractivity contribution is -0.140. The van der Waals surface area contributed by atoms with E-state index in [-0.39, 0.29) is 29.3 Å². The van der Waals surface area contributed by atoms with Gasteiger partial charge in [-0.1, -0.05) is 58.9 Å². The number of nitrogens with zero attached hydrogens (tertiary/aromatic N) is 2. The van der Waals surface area contributed by atoms with Crippen LogP contribution >= 0.6 is 11.3 Å². The molecule has 0 aliphatic carbocycles. The van der Waals surface area contributed by atoms with Crippen molar-refractivity contribution in [1.82, 2.24) is 15.2 Å². The molecule has 0 bridgehead atoms. The number of hydrogen-bond donors (Lipinski definition) is 3. The molecule has 3 rings (SSSR count). The Hall–Kier alpha value is -2.29. The average molecular weight is 507 g/mol. The first-order valence-electron chi connectivity index (χ1n) is 12.3. The van der Waals surface area contributed by atoms with Crippen molar-refractivity contribution in [2.24, 2.45) is 11.1 Å². The highest BCUT2D eigenvalue weighted by Crippen LogP contribution is 2.29. The van der Waals surface area contributed by atoms with Crippen LogP contribution in [0.4, 0.5) is 0 Å². The van der Waals surface area contributed by atoms with Crippen LogP contribution in [0, 0.1) is 12.3 Å². The quantitative estimate of drug-likeness (QED) is 0.533. The topological polar surface area (TPSA) is 109 Å². The molecule has 0 radical (unpaired) electrons. The summed E-state index contributed by atoms with van der Waals surface area (Å²) < 4.78 is 0. The standard InChI is InChI=1S/C23H31N3O2S.C2H6.CH5N.CH4O/c1-15(17-8-10-18(11-9-17)21-16(2)24-14-29-21)25-22(28)19-7-6-12-26(19)20(27)13-23(3,4)5;3*1-2/h8-11,14-15,19H,6-7,12-13H2,1-5H3,(H,25,28);1-2H3;2H2,1H3;2H,1H3. The molecule has 1 saturated heterocycles. The van der Waals surface area contributed by atoms with Gasteiger partial charge in [0.15, 0.2) is 0 Å². The van der Waals surface area contributed by atoms with E-state index < -0.39 is 0 Å². The number of aliphatic hydroxyl groups excluding tert-OH is 1. The predicted molar refractivity (Wildman–Crippen MR) is 147 cm³/mol. The van der Waals surface area contributed by atoms with Crippen molar-refractivity contribution in [2.75, 3.05) is 20.7 Å². The maximum Gasteiger partial charge on any atom is 0.243 e. The summed E-state index contributed by atoms with van der Waals surface area (Å²) in [6.45, 7) is 14.8. The maximum absolute atomic E-state index is 12.9. The highest BCUT2D eigenvalue weighted by atomic mass is 32.1. The Balaban J connectivity index is 0.00000179. The van der Waals surface area contributed by atoms with Crippen LogP contribution in [0.1, 0.15) is 78.1 Å². The molecule has 1 aromatic carbocycles. The number of benzene rings is 1. The minimum absolute atomic E-state index is 0.0559. The molecular formula is C27H46N4O3S. The summed E-state index contributed by atoms with van der Waals surface area (Å²) in [5.41, 5.74) is 9.50. The molecule has 7 nitrogen and oxygen atoms in total. The predicted octanol–water partition coefficient (Wildman–Crippen LogP) is 4.93. The lowest BCUT2D eigenvalue weighted by atomic mass is 9.91. The third-order valence-electron chi connectivity index (χ3n) is 5.33. The van der Waals surface area contributed by atoms with Gasteiger partial charge in [-0.15, -0.1) is 11.3 Å². The van der Waals surface area contributed by atoms with Gasteiger partial charge in [0.05, 0.1) is 22.1 Å². The van der Waals surface area contributed by atoms with Gasteiger partial charge in [-0.05, 0) is 50.3 Å². The molecule has 2 aromatic rings. The molecule has 198 valence electrons. The molecule has 1 aromatic heterocycles. The average Bonchev–Trinajstić information content (AvgIpc) is 3.51. The first-order chi connectivity index (χ1) is 16.7. The number of hydrogen-bond acceptors (Lipinski definition) is 6. The molecule has 0 spiro atoms. The van der Waals surface area contributed by atoms with E-state index in [2.05, 4.69) is 61.1 Å². The molecule has 1 fully saturated rings. The van der Waals surface area contributed by atoms with Crippen LogP contribution in [-0.2, 0) is 9.59 Å². The Labute approximate surface area is 216 Å². The monoisotopic (exact) mass is 506 g/mol. The minimum Gasteiger partial charge on any atom is -0.400 e.